The Morgan fingerprint density at radius 2 is 1.04 bits per heavy atom. The van der Waals surface area contributed by atoms with E-state index in [1.165, 1.54) is 93.9 Å². The van der Waals surface area contributed by atoms with Crippen molar-refractivity contribution < 1.29 is 0 Å². The van der Waals surface area contributed by atoms with Crippen molar-refractivity contribution in [3.63, 3.8) is 0 Å². The lowest BCUT2D eigenvalue weighted by atomic mass is 9.82. The molecule has 0 saturated carbocycles. The molecule has 2 aliphatic rings. The van der Waals surface area contributed by atoms with Gasteiger partial charge < -0.3 is 14.5 Å². The van der Waals surface area contributed by atoms with Crippen LogP contribution in [0.2, 0.25) is 0 Å². The molecule has 3 heterocycles. The monoisotopic (exact) mass is 641 g/mol. The Balaban J connectivity index is 1.07. The first-order valence-electron chi connectivity index (χ1n) is 17.7. The van der Waals surface area contributed by atoms with Gasteiger partial charge in [0, 0.05) is 50.9 Å². The predicted octanol–water partition coefficient (Wildman–Crippen LogP) is 11.5. The van der Waals surface area contributed by atoms with Crippen LogP contribution in [0.1, 0.15) is 36.6 Å². The van der Waals surface area contributed by atoms with Gasteiger partial charge in [-0.05, 0) is 99.6 Å². The second-order valence-corrected chi connectivity index (χ2v) is 14.6. The lowest BCUT2D eigenvalue weighted by Crippen LogP contribution is -2.15. The van der Waals surface area contributed by atoms with Crippen molar-refractivity contribution in [2.75, 3.05) is 6.54 Å². The molecule has 3 heteroatoms. The first-order valence-corrected chi connectivity index (χ1v) is 17.7. The summed E-state index contributed by atoms with van der Waals surface area (Å²) >= 11 is 0. The van der Waals surface area contributed by atoms with Crippen LogP contribution in [0.5, 0.6) is 0 Å². The SMILES string of the molecule is CC1(C)c2ccccc2-c2ccc(-n3c4ccccc4c4cc(-c5ccc6c(c5)c5ccccc5n6-c5cccc(C6CN6)c5)ccc43)cc21. The van der Waals surface area contributed by atoms with Gasteiger partial charge >= 0.3 is 0 Å². The van der Waals surface area contributed by atoms with E-state index in [0.717, 1.165) is 6.54 Å². The van der Waals surface area contributed by atoms with E-state index in [9.17, 15) is 0 Å². The molecular formula is C47H35N3. The van der Waals surface area contributed by atoms with Crippen LogP contribution in [0.15, 0.2) is 152 Å². The van der Waals surface area contributed by atoms with E-state index in [1.54, 1.807) is 0 Å². The smallest absolute Gasteiger partial charge is 0.0541 e. The number of fused-ring (bicyclic) bond motifs is 9. The van der Waals surface area contributed by atoms with Gasteiger partial charge in [-0.25, -0.2) is 0 Å². The minimum absolute atomic E-state index is 0.0488. The van der Waals surface area contributed by atoms with E-state index in [-0.39, 0.29) is 5.41 Å². The maximum absolute atomic E-state index is 3.46. The zero-order chi connectivity index (χ0) is 33.1. The maximum Gasteiger partial charge on any atom is 0.0541 e. The number of rotatable bonds is 4. The van der Waals surface area contributed by atoms with E-state index in [2.05, 4.69) is 180 Å². The van der Waals surface area contributed by atoms with Crippen molar-refractivity contribution in [3.8, 4) is 33.6 Å². The van der Waals surface area contributed by atoms with E-state index in [1.807, 2.05) is 0 Å². The van der Waals surface area contributed by atoms with Crippen LogP contribution >= 0.6 is 0 Å². The van der Waals surface area contributed by atoms with Crippen LogP contribution < -0.4 is 5.32 Å². The average molecular weight is 642 g/mol. The fraction of sp³-hybridized carbons (Fsp3) is 0.106. The lowest BCUT2D eigenvalue weighted by molar-refractivity contribution is 0.660. The number of para-hydroxylation sites is 2. The summed E-state index contributed by atoms with van der Waals surface area (Å²) < 4.78 is 4.88. The highest BCUT2D eigenvalue weighted by atomic mass is 15.1. The summed E-state index contributed by atoms with van der Waals surface area (Å²) in [4.78, 5) is 0. The summed E-state index contributed by atoms with van der Waals surface area (Å²) in [6.45, 7) is 5.77. The van der Waals surface area contributed by atoms with Crippen molar-refractivity contribution in [2.24, 2.45) is 0 Å². The molecule has 238 valence electrons. The number of nitrogens with one attached hydrogen (secondary N) is 1. The van der Waals surface area contributed by atoms with Gasteiger partial charge in [0.05, 0.1) is 22.1 Å². The van der Waals surface area contributed by atoms with E-state index in [4.69, 9.17) is 0 Å². The lowest BCUT2D eigenvalue weighted by Gasteiger charge is -2.22. The number of hydrogen-bond donors (Lipinski definition) is 1. The Bertz CT molecular complexity index is 2860. The number of benzene rings is 7. The number of hydrogen-bond acceptors (Lipinski definition) is 1. The van der Waals surface area contributed by atoms with Crippen LogP contribution in [0.25, 0.3) is 77.2 Å². The predicted molar refractivity (Wildman–Crippen MR) is 209 cm³/mol. The van der Waals surface area contributed by atoms with E-state index < -0.39 is 0 Å². The van der Waals surface area contributed by atoms with Crippen LogP contribution in [0.4, 0.5) is 0 Å². The molecule has 1 unspecified atom stereocenters. The highest BCUT2D eigenvalue weighted by Gasteiger charge is 2.35. The number of aromatic nitrogens is 2. The molecular weight excluding hydrogens is 607 g/mol. The fourth-order valence-electron chi connectivity index (χ4n) is 8.87. The van der Waals surface area contributed by atoms with Gasteiger partial charge in [0.25, 0.3) is 0 Å². The molecule has 7 aromatic carbocycles. The van der Waals surface area contributed by atoms with Crippen molar-refractivity contribution in [3.05, 3.63) is 168 Å². The van der Waals surface area contributed by atoms with Gasteiger partial charge in [0.15, 0.2) is 0 Å². The third-order valence-electron chi connectivity index (χ3n) is 11.4. The van der Waals surface area contributed by atoms with Crippen molar-refractivity contribution in [1.82, 2.24) is 14.5 Å². The summed E-state index contributed by atoms with van der Waals surface area (Å²) in [5, 5.41) is 8.56. The second-order valence-electron chi connectivity index (χ2n) is 14.6. The topological polar surface area (TPSA) is 31.8 Å². The summed E-state index contributed by atoms with van der Waals surface area (Å²) in [5.41, 5.74) is 16.6. The van der Waals surface area contributed by atoms with Gasteiger partial charge in [-0.1, -0.05) is 105 Å². The molecule has 3 nitrogen and oxygen atoms in total. The van der Waals surface area contributed by atoms with E-state index >= 15 is 0 Å². The molecule has 1 atom stereocenters. The first-order chi connectivity index (χ1) is 24.5. The van der Waals surface area contributed by atoms with Crippen LogP contribution in [0.3, 0.4) is 0 Å². The van der Waals surface area contributed by atoms with Crippen molar-refractivity contribution >= 4 is 43.6 Å². The van der Waals surface area contributed by atoms with Crippen LogP contribution in [-0.4, -0.2) is 15.7 Å². The summed E-state index contributed by atoms with van der Waals surface area (Å²) in [6, 6.07) is 57.1. The largest absolute Gasteiger partial charge is 0.309 e. The van der Waals surface area contributed by atoms with Crippen molar-refractivity contribution in [1.29, 1.82) is 0 Å². The molecule has 50 heavy (non-hydrogen) atoms. The third-order valence-corrected chi connectivity index (χ3v) is 11.4. The summed E-state index contributed by atoms with van der Waals surface area (Å²) in [5.74, 6) is 0. The Morgan fingerprint density at radius 1 is 0.480 bits per heavy atom. The molecule has 0 radical (unpaired) electrons. The molecule has 0 amide bonds. The Kier molecular flexibility index (Phi) is 5.64. The second kappa shape index (κ2) is 10.1. The minimum Gasteiger partial charge on any atom is -0.309 e. The summed E-state index contributed by atoms with van der Waals surface area (Å²) in [6.07, 6.45) is 0. The first kappa shape index (κ1) is 28.0. The van der Waals surface area contributed by atoms with Crippen molar-refractivity contribution in [2.45, 2.75) is 25.3 Å². The van der Waals surface area contributed by atoms with Crippen LogP contribution in [-0.2, 0) is 5.41 Å². The van der Waals surface area contributed by atoms with Gasteiger partial charge in [0.2, 0.25) is 0 Å². The third kappa shape index (κ3) is 3.90. The molecule has 1 saturated heterocycles. The minimum atomic E-state index is -0.0488. The normalized spacial score (nSPS) is 16.0. The van der Waals surface area contributed by atoms with Crippen LogP contribution in [0, 0.1) is 0 Å². The molecule has 9 aromatic rings. The Labute approximate surface area is 291 Å². The van der Waals surface area contributed by atoms with Gasteiger partial charge in [-0.15, -0.1) is 0 Å². The Hall–Kier alpha value is -5.90. The molecule has 1 aliphatic heterocycles. The molecule has 1 fully saturated rings. The summed E-state index contributed by atoms with van der Waals surface area (Å²) in [7, 11) is 0. The standard InChI is InChI=1S/C47H35N3/c1-47(2)40-15-6-3-12-34(40)35-21-20-33(27-41(35)47)50-44-17-8-5-14-37(44)39-26-30(19-23-46(39)50)29-18-22-45-38(25-29)36-13-4-7-16-43(36)49(45)32-11-9-10-31(24-32)42-28-48-42/h3-27,42,48H,28H2,1-2H3. The highest BCUT2D eigenvalue weighted by molar-refractivity contribution is 6.12. The molecule has 1 N–H and O–H groups in total. The fourth-order valence-corrected chi connectivity index (χ4v) is 8.87. The van der Waals surface area contributed by atoms with Gasteiger partial charge in [-0.3, -0.25) is 0 Å². The average Bonchev–Trinajstić information content (AvgIpc) is 3.85. The van der Waals surface area contributed by atoms with E-state index in [0.29, 0.717) is 6.04 Å². The number of nitrogens with zero attached hydrogens (tertiary/aromatic N) is 2. The molecule has 1 aliphatic carbocycles. The zero-order valence-corrected chi connectivity index (χ0v) is 28.1. The highest BCUT2D eigenvalue weighted by Crippen LogP contribution is 2.49. The zero-order valence-electron chi connectivity index (χ0n) is 28.1. The maximum atomic E-state index is 3.46. The molecule has 0 bridgehead atoms. The molecule has 0 spiro atoms. The van der Waals surface area contributed by atoms with Gasteiger partial charge in [0.1, 0.15) is 0 Å². The Morgan fingerprint density at radius 3 is 1.70 bits per heavy atom. The molecule has 2 aromatic heterocycles. The quantitative estimate of drug-likeness (QED) is 0.191. The van der Waals surface area contributed by atoms with Gasteiger partial charge in [-0.2, -0.15) is 0 Å². The molecule has 11 rings (SSSR count).